The van der Waals surface area contributed by atoms with E-state index < -0.39 is 0 Å². The Balaban J connectivity index is 1.71. The number of carbonyl (C=O) groups is 2. The SMILES string of the molecule is CCCCNC(=O)c1ccc(CN2C(=O)COc3ccccc32)o1. The number of benzene rings is 1. The van der Waals surface area contributed by atoms with Gasteiger partial charge in [0.15, 0.2) is 12.4 Å². The molecule has 3 rings (SSSR count). The molecular weight excluding hydrogens is 308 g/mol. The number of furan rings is 1. The van der Waals surface area contributed by atoms with E-state index in [0.29, 0.717) is 23.7 Å². The average molecular weight is 328 g/mol. The third kappa shape index (κ3) is 3.42. The summed E-state index contributed by atoms with van der Waals surface area (Å²) in [6, 6.07) is 10.7. The van der Waals surface area contributed by atoms with Crippen molar-refractivity contribution in [2.75, 3.05) is 18.1 Å². The second kappa shape index (κ2) is 7.21. The van der Waals surface area contributed by atoms with Gasteiger partial charge in [0.25, 0.3) is 11.8 Å². The van der Waals surface area contributed by atoms with Crippen molar-refractivity contribution in [2.24, 2.45) is 0 Å². The number of nitrogens with zero attached hydrogens (tertiary/aromatic N) is 1. The van der Waals surface area contributed by atoms with Gasteiger partial charge in [-0.2, -0.15) is 0 Å². The van der Waals surface area contributed by atoms with Crippen LogP contribution in [-0.2, 0) is 11.3 Å². The maximum Gasteiger partial charge on any atom is 0.286 e. The molecule has 0 aliphatic carbocycles. The van der Waals surface area contributed by atoms with E-state index in [2.05, 4.69) is 12.2 Å². The fraction of sp³-hybridized carbons (Fsp3) is 0.333. The minimum atomic E-state index is -0.233. The predicted molar refractivity (Wildman–Crippen MR) is 89.1 cm³/mol. The number of rotatable bonds is 6. The first-order chi connectivity index (χ1) is 11.7. The standard InChI is InChI=1S/C18H20N2O4/c1-2-3-10-19-18(22)16-9-8-13(24-16)11-20-14-6-4-5-7-15(14)23-12-17(20)21/h4-9H,2-3,10-12H2,1H3,(H,19,22). The van der Waals surface area contributed by atoms with Crippen molar-refractivity contribution >= 4 is 17.5 Å². The Morgan fingerprint density at radius 2 is 2.08 bits per heavy atom. The molecule has 1 N–H and O–H groups in total. The van der Waals surface area contributed by atoms with E-state index in [0.717, 1.165) is 12.8 Å². The van der Waals surface area contributed by atoms with Crippen molar-refractivity contribution in [3.8, 4) is 5.75 Å². The number of hydrogen-bond acceptors (Lipinski definition) is 4. The second-order valence-corrected chi connectivity index (χ2v) is 5.61. The number of nitrogens with one attached hydrogen (secondary N) is 1. The summed E-state index contributed by atoms with van der Waals surface area (Å²) in [6.07, 6.45) is 1.95. The lowest BCUT2D eigenvalue weighted by Crippen LogP contribution is -2.38. The molecule has 1 aromatic heterocycles. The van der Waals surface area contributed by atoms with Crippen LogP contribution in [0.4, 0.5) is 5.69 Å². The van der Waals surface area contributed by atoms with Crippen molar-refractivity contribution in [1.29, 1.82) is 0 Å². The fourth-order valence-electron chi connectivity index (χ4n) is 2.53. The Morgan fingerprint density at radius 3 is 2.92 bits per heavy atom. The van der Waals surface area contributed by atoms with E-state index >= 15 is 0 Å². The summed E-state index contributed by atoms with van der Waals surface area (Å²) < 4.78 is 11.0. The highest BCUT2D eigenvalue weighted by Crippen LogP contribution is 2.32. The number of anilines is 1. The number of ether oxygens (including phenoxy) is 1. The van der Waals surface area contributed by atoms with Gasteiger partial charge in [0.1, 0.15) is 11.5 Å². The minimum absolute atomic E-state index is 0.00207. The quantitative estimate of drug-likeness (QED) is 0.828. The summed E-state index contributed by atoms with van der Waals surface area (Å²) in [4.78, 5) is 25.7. The highest BCUT2D eigenvalue weighted by atomic mass is 16.5. The van der Waals surface area contributed by atoms with Gasteiger partial charge in [-0.25, -0.2) is 0 Å². The molecule has 24 heavy (non-hydrogen) atoms. The molecule has 0 radical (unpaired) electrons. The summed E-state index contributed by atoms with van der Waals surface area (Å²) in [6.45, 7) is 2.96. The van der Waals surface area contributed by atoms with Crippen LogP contribution in [0, 0.1) is 0 Å². The van der Waals surface area contributed by atoms with Crippen LogP contribution in [0.5, 0.6) is 5.75 Å². The van der Waals surface area contributed by atoms with Gasteiger partial charge in [0.05, 0.1) is 12.2 Å². The Labute approximate surface area is 140 Å². The highest BCUT2D eigenvalue weighted by molar-refractivity contribution is 5.97. The third-order valence-corrected chi connectivity index (χ3v) is 3.82. The van der Waals surface area contributed by atoms with Crippen LogP contribution >= 0.6 is 0 Å². The largest absolute Gasteiger partial charge is 0.482 e. The van der Waals surface area contributed by atoms with Gasteiger partial charge in [-0.05, 0) is 30.7 Å². The van der Waals surface area contributed by atoms with Crippen LogP contribution in [0.25, 0.3) is 0 Å². The number of amides is 2. The Hall–Kier alpha value is -2.76. The van der Waals surface area contributed by atoms with Crippen LogP contribution < -0.4 is 15.0 Å². The first-order valence-corrected chi connectivity index (χ1v) is 8.08. The molecule has 0 spiro atoms. The van der Waals surface area contributed by atoms with E-state index in [1.54, 1.807) is 17.0 Å². The zero-order chi connectivity index (χ0) is 16.9. The molecule has 0 bridgehead atoms. The lowest BCUT2D eigenvalue weighted by atomic mass is 10.2. The van der Waals surface area contributed by atoms with Crippen LogP contribution in [0.1, 0.15) is 36.1 Å². The van der Waals surface area contributed by atoms with Crippen molar-refractivity contribution < 1.29 is 18.7 Å². The zero-order valence-electron chi connectivity index (χ0n) is 13.6. The van der Waals surface area contributed by atoms with Gasteiger partial charge >= 0.3 is 0 Å². The van der Waals surface area contributed by atoms with Crippen LogP contribution in [0.3, 0.4) is 0 Å². The molecule has 2 heterocycles. The lowest BCUT2D eigenvalue weighted by Gasteiger charge is -2.28. The molecule has 0 saturated heterocycles. The average Bonchev–Trinajstić information content (AvgIpc) is 3.06. The number of fused-ring (bicyclic) bond motifs is 1. The minimum Gasteiger partial charge on any atom is -0.482 e. The summed E-state index contributed by atoms with van der Waals surface area (Å²) in [7, 11) is 0. The maximum absolute atomic E-state index is 12.2. The topological polar surface area (TPSA) is 71.8 Å². The van der Waals surface area contributed by atoms with Crippen molar-refractivity contribution in [1.82, 2.24) is 5.32 Å². The van der Waals surface area contributed by atoms with Gasteiger partial charge in [-0.1, -0.05) is 25.5 Å². The van der Waals surface area contributed by atoms with Crippen LogP contribution in [0.2, 0.25) is 0 Å². The normalized spacial score (nSPS) is 13.4. The summed E-state index contributed by atoms with van der Waals surface area (Å²) in [5, 5.41) is 2.81. The smallest absolute Gasteiger partial charge is 0.286 e. The number of para-hydroxylation sites is 2. The highest BCUT2D eigenvalue weighted by Gasteiger charge is 2.26. The molecule has 6 nitrogen and oxygen atoms in total. The molecule has 6 heteroatoms. The third-order valence-electron chi connectivity index (χ3n) is 3.82. The number of unbranched alkanes of at least 4 members (excludes halogenated alkanes) is 1. The van der Waals surface area contributed by atoms with Gasteiger partial charge in [0, 0.05) is 6.54 Å². The number of hydrogen-bond donors (Lipinski definition) is 1. The Kier molecular flexibility index (Phi) is 4.84. The molecule has 1 aromatic carbocycles. The maximum atomic E-state index is 12.2. The molecule has 0 saturated carbocycles. The van der Waals surface area contributed by atoms with E-state index in [9.17, 15) is 9.59 Å². The fourth-order valence-corrected chi connectivity index (χ4v) is 2.53. The Bertz CT molecular complexity index is 738. The summed E-state index contributed by atoms with van der Waals surface area (Å²) >= 11 is 0. The zero-order valence-corrected chi connectivity index (χ0v) is 13.6. The van der Waals surface area contributed by atoms with Crippen molar-refractivity contribution in [3.05, 3.63) is 47.9 Å². The predicted octanol–water partition coefficient (Wildman–Crippen LogP) is 2.74. The Morgan fingerprint density at radius 1 is 1.25 bits per heavy atom. The van der Waals surface area contributed by atoms with E-state index in [1.165, 1.54) is 0 Å². The molecular formula is C18H20N2O4. The summed E-state index contributed by atoms with van der Waals surface area (Å²) in [5.74, 6) is 1.11. The van der Waals surface area contributed by atoms with E-state index in [-0.39, 0.29) is 30.7 Å². The summed E-state index contributed by atoms with van der Waals surface area (Å²) in [5.41, 5.74) is 0.707. The molecule has 2 aromatic rings. The van der Waals surface area contributed by atoms with E-state index in [4.69, 9.17) is 9.15 Å². The monoisotopic (exact) mass is 328 g/mol. The van der Waals surface area contributed by atoms with Gasteiger partial charge in [-0.3, -0.25) is 14.5 Å². The molecule has 0 atom stereocenters. The molecule has 1 aliphatic heterocycles. The number of carbonyl (C=O) groups excluding carboxylic acids is 2. The first-order valence-electron chi connectivity index (χ1n) is 8.08. The van der Waals surface area contributed by atoms with Crippen LogP contribution in [0.15, 0.2) is 40.8 Å². The van der Waals surface area contributed by atoms with E-state index in [1.807, 2.05) is 24.3 Å². The van der Waals surface area contributed by atoms with Crippen LogP contribution in [-0.4, -0.2) is 25.0 Å². The van der Waals surface area contributed by atoms with Gasteiger partial charge in [-0.15, -0.1) is 0 Å². The van der Waals surface area contributed by atoms with Gasteiger partial charge in [0.2, 0.25) is 0 Å². The molecule has 2 amide bonds. The molecule has 126 valence electrons. The molecule has 0 fully saturated rings. The lowest BCUT2D eigenvalue weighted by molar-refractivity contribution is -0.121. The first kappa shape index (κ1) is 16.1. The van der Waals surface area contributed by atoms with Crippen molar-refractivity contribution in [2.45, 2.75) is 26.3 Å². The molecule has 1 aliphatic rings. The second-order valence-electron chi connectivity index (χ2n) is 5.61. The van der Waals surface area contributed by atoms with Gasteiger partial charge < -0.3 is 14.5 Å². The van der Waals surface area contributed by atoms with Crippen molar-refractivity contribution in [3.63, 3.8) is 0 Å². The molecule has 0 unspecified atom stereocenters.